The van der Waals surface area contributed by atoms with Gasteiger partial charge in [0.05, 0.1) is 0 Å². The molecule has 0 amide bonds. The molecular weight excluding hydrogens is 238 g/mol. The van der Waals surface area contributed by atoms with Gasteiger partial charge in [0.2, 0.25) is 0 Å². The molecule has 0 aliphatic rings. The van der Waals surface area contributed by atoms with Crippen molar-refractivity contribution in [3.8, 4) is 0 Å². The van der Waals surface area contributed by atoms with Crippen LogP contribution in [-0.2, 0) is 21.2 Å². The van der Waals surface area contributed by atoms with Gasteiger partial charge in [-0.1, -0.05) is 0 Å². The van der Waals surface area contributed by atoms with Crippen molar-refractivity contribution in [2.45, 2.75) is 0 Å². The van der Waals surface area contributed by atoms with E-state index in [9.17, 15) is 0 Å². The standard InChI is InChI=1S/Cr.2H2O.2O.Sb.3H/h;2*1H2;;;;;;/q+2;;;;;;;;/p-2. The fraction of sp³-hybridized carbons (Fsp3) is 0. The molecule has 0 unspecified atom stereocenters. The van der Waals surface area contributed by atoms with Crippen LogP contribution in [0, 0.1) is 0 Å². The molecule has 0 spiro atoms. The zero-order valence-electron chi connectivity index (χ0n) is 2.83. The van der Waals surface area contributed by atoms with Gasteiger partial charge in [0.1, 0.15) is 0 Å². The molecule has 0 saturated carbocycles. The summed E-state index contributed by atoms with van der Waals surface area (Å²) in [6.07, 6.45) is 0. The normalized spacial score (nSPS) is 9.67. The summed E-state index contributed by atoms with van der Waals surface area (Å²) in [5.74, 6) is 0. The summed E-state index contributed by atoms with van der Waals surface area (Å²) in [4.78, 5) is 0. The van der Waals surface area contributed by atoms with E-state index in [0.29, 0.717) is 0 Å². The Morgan fingerprint density at radius 3 is 1.17 bits per heavy atom. The second kappa shape index (κ2) is 2.95. The molecule has 6 heavy (non-hydrogen) atoms. The second-order valence-corrected chi connectivity index (χ2v) is 1.85. The minimum absolute atomic E-state index is 0. The zero-order valence-corrected chi connectivity index (χ0v) is 8.14. The van der Waals surface area contributed by atoms with Crippen LogP contribution in [-0.4, -0.2) is 32.7 Å². The molecule has 4 nitrogen and oxygen atoms in total. The van der Waals surface area contributed by atoms with Crippen LogP contribution in [0.2, 0.25) is 0 Å². The van der Waals surface area contributed by atoms with E-state index in [0.717, 1.165) is 0 Å². The number of hydrogen-bond donors (Lipinski definition) is 2. The Morgan fingerprint density at radius 1 is 1.17 bits per heavy atom. The molecule has 0 atom stereocenters. The summed E-state index contributed by atoms with van der Waals surface area (Å²) in [6, 6.07) is 0. The maximum atomic E-state index is 8.82. The van der Waals surface area contributed by atoms with E-state index in [2.05, 4.69) is 0 Å². The molecule has 0 aliphatic carbocycles. The number of hydrogen-bond acceptors (Lipinski definition) is 2. The summed E-state index contributed by atoms with van der Waals surface area (Å²) in [5, 5.41) is 0. The van der Waals surface area contributed by atoms with Crippen LogP contribution in [0.25, 0.3) is 0 Å². The van der Waals surface area contributed by atoms with E-state index < -0.39 is 13.6 Å². The summed E-state index contributed by atoms with van der Waals surface area (Å²) in [7, 11) is 0. The molecular formula is H5CrO4Sb. The summed E-state index contributed by atoms with van der Waals surface area (Å²) < 4.78 is 31.9. The van der Waals surface area contributed by atoms with E-state index >= 15 is 0 Å². The van der Waals surface area contributed by atoms with Crippen molar-refractivity contribution >= 4 is 24.4 Å². The average Bonchev–Trinajstić information content (AvgIpc) is 0.722. The van der Waals surface area contributed by atoms with Crippen molar-refractivity contribution in [2.75, 3.05) is 0 Å². The van der Waals surface area contributed by atoms with Gasteiger partial charge >= 0.3 is 54.0 Å². The fourth-order valence-corrected chi connectivity index (χ4v) is 0. The van der Waals surface area contributed by atoms with Crippen molar-refractivity contribution in [2.24, 2.45) is 0 Å². The molecule has 0 aromatic heterocycles. The Balaban J connectivity index is 0. The molecule has 0 aliphatic heterocycles. The van der Waals surface area contributed by atoms with Crippen molar-refractivity contribution in [3.63, 3.8) is 0 Å². The summed E-state index contributed by atoms with van der Waals surface area (Å²) in [5.41, 5.74) is 0. The van der Waals surface area contributed by atoms with E-state index in [1.165, 1.54) is 0 Å². The predicted molar refractivity (Wildman–Crippen MR) is 15.7 cm³/mol. The van der Waals surface area contributed by atoms with Crippen LogP contribution >= 0.6 is 0 Å². The maximum absolute atomic E-state index is 8.82. The van der Waals surface area contributed by atoms with Gasteiger partial charge in [0, 0.05) is 0 Å². The quantitative estimate of drug-likeness (QED) is 0.459. The van der Waals surface area contributed by atoms with Crippen LogP contribution in [0.5, 0.6) is 0 Å². The summed E-state index contributed by atoms with van der Waals surface area (Å²) >= 11 is -5.25. The SMILES string of the molecule is [O]=[Cr](=[O])([OH])[OH].[SbH3]. The third-order valence-corrected chi connectivity index (χ3v) is 0. The Hall–Kier alpha value is 0.871. The first-order chi connectivity index (χ1) is 2.00. The average molecular weight is 243 g/mol. The van der Waals surface area contributed by atoms with Crippen LogP contribution in [0.3, 0.4) is 0 Å². The van der Waals surface area contributed by atoms with Crippen molar-refractivity contribution in [1.29, 1.82) is 0 Å². The van der Waals surface area contributed by atoms with E-state index in [4.69, 9.17) is 15.9 Å². The van der Waals surface area contributed by atoms with E-state index in [-0.39, 0.29) is 24.4 Å². The molecule has 0 radical (unpaired) electrons. The van der Waals surface area contributed by atoms with Gasteiger partial charge in [0.25, 0.3) is 0 Å². The third kappa shape index (κ3) is 96.3. The molecule has 40 valence electrons. The van der Waals surface area contributed by atoms with Crippen molar-refractivity contribution < 1.29 is 29.5 Å². The van der Waals surface area contributed by atoms with Crippen LogP contribution in [0.15, 0.2) is 0 Å². The molecule has 0 aromatic rings. The monoisotopic (exact) mass is 242 g/mol. The molecule has 0 saturated heterocycles. The Kier molecular flexibility index (Phi) is 4.91. The van der Waals surface area contributed by atoms with Gasteiger partial charge in [-0.2, -0.15) is 0 Å². The minimum atomic E-state index is -5.25. The Labute approximate surface area is 54.0 Å². The third-order valence-electron chi connectivity index (χ3n) is 0. The predicted octanol–water partition coefficient (Wildman–Crippen LogP) is -2.54. The molecule has 2 N–H and O–H groups in total. The van der Waals surface area contributed by atoms with Crippen molar-refractivity contribution in [1.82, 2.24) is 0 Å². The molecule has 0 rings (SSSR count). The first-order valence-electron chi connectivity index (χ1n) is 0.698. The number of rotatable bonds is 0. The van der Waals surface area contributed by atoms with Gasteiger partial charge in [-0.05, 0) is 0 Å². The van der Waals surface area contributed by atoms with Gasteiger partial charge in [-0.25, -0.2) is 0 Å². The van der Waals surface area contributed by atoms with Crippen molar-refractivity contribution in [3.05, 3.63) is 0 Å². The van der Waals surface area contributed by atoms with Gasteiger partial charge in [-0.15, -0.1) is 0 Å². The molecule has 0 bridgehead atoms. The van der Waals surface area contributed by atoms with Crippen LogP contribution in [0.4, 0.5) is 0 Å². The molecule has 0 aromatic carbocycles. The Morgan fingerprint density at radius 2 is 1.17 bits per heavy atom. The first kappa shape index (κ1) is 9.98. The molecule has 0 fully saturated rings. The van der Waals surface area contributed by atoms with Gasteiger partial charge < -0.3 is 0 Å². The topological polar surface area (TPSA) is 74.6 Å². The molecule has 6 heteroatoms. The second-order valence-electron chi connectivity index (χ2n) is 0.448. The van der Waals surface area contributed by atoms with Gasteiger partial charge in [0.15, 0.2) is 0 Å². The van der Waals surface area contributed by atoms with Crippen LogP contribution < -0.4 is 0 Å². The van der Waals surface area contributed by atoms with E-state index in [1.54, 1.807) is 0 Å². The van der Waals surface area contributed by atoms with Gasteiger partial charge in [-0.3, -0.25) is 0 Å². The zero-order chi connectivity index (χ0) is 4.50. The fourth-order valence-electron chi connectivity index (χ4n) is 0. The van der Waals surface area contributed by atoms with E-state index in [1.807, 2.05) is 0 Å². The Bertz CT molecular complexity index is 90.7. The summed E-state index contributed by atoms with van der Waals surface area (Å²) in [6.45, 7) is 0. The molecule has 0 heterocycles. The first-order valence-corrected chi connectivity index (χ1v) is 2.88. The van der Waals surface area contributed by atoms with Crippen LogP contribution in [0.1, 0.15) is 0 Å².